The second-order valence-corrected chi connectivity index (χ2v) is 7.00. The molecule has 0 bridgehead atoms. The van der Waals surface area contributed by atoms with E-state index in [2.05, 4.69) is 10.3 Å². The molecule has 0 saturated heterocycles. The molecule has 0 unspecified atom stereocenters. The predicted octanol–water partition coefficient (Wildman–Crippen LogP) is 1.90. The lowest BCUT2D eigenvalue weighted by atomic mass is 10.3. The lowest BCUT2D eigenvalue weighted by Crippen LogP contribution is -2.11. The van der Waals surface area contributed by atoms with E-state index >= 15 is 0 Å². The Labute approximate surface area is 125 Å². The molecule has 1 amide bonds. The third-order valence-corrected chi connectivity index (χ3v) is 4.58. The SMILES string of the molecule is NS(=O)(=O)c1ccc2nc(NC(=O)CCCCl)sc2c1. The van der Waals surface area contributed by atoms with Crippen LogP contribution in [0.5, 0.6) is 0 Å². The van der Waals surface area contributed by atoms with Crippen molar-refractivity contribution in [1.29, 1.82) is 0 Å². The van der Waals surface area contributed by atoms with Crippen molar-refractivity contribution in [1.82, 2.24) is 4.98 Å². The van der Waals surface area contributed by atoms with Gasteiger partial charge in [0, 0.05) is 12.3 Å². The number of primary sulfonamides is 1. The first-order chi connectivity index (χ1) is 9.40. The highest BCUT2D eigenvalue weighted by Gasteiger charge is 2.12. The molecule has 9 heteroatoms. The minimum Gasteiger partial charge on any atom is -0.302 e. The van der Waals surface area contributed by atoms with Crippen LogP contribution in [-0.2, 0) is 14.8 Å². The van der Waals surface area contributed by atoms with Gasteiger partial charge in [-0.25, -0.2) is 18.5 Å². The van der Waals surface area contributed by atoms with Crippen molar-refractivity contribution >= 4 is 54.2 Å². The largest absolute Gasteiger partial charge is 0.302 e. The van der Waals surface area contributed by atoms with Gasteiger partial charge in [0.2, 0.25) is 15.9 Å². The van der Waals surface area contributed by atoms with Crippen LogP contribution in [0, 0.1) is 0 Å². The summed E-state index contributed by atoms with van der Waals surface area (Å²) < 4.78 is 23.2. The van der Waals surface area contributed by atoms with Crippen molar-refractivity contribution in [2.24, 2.45) is 5.14 Å². The first-order valence-electron chi connectivity index (χ1n) is 5.69. The molecule has 2 rings (SSSR count). The maximum absolute atomic E-state index is 11.6. The number of carbonyl (C=O) groups is 1. The van der Waals surface area contributed by atoms with Crippen molar-refractivity contribution in [3.63, 3.8) is 0 Å². The standard InChI is InChI=1S/C11H12ClN3O3S2/c12-5-1-2-10(16)15-11-14-8-4-3-7(20(13,17)18)6-9(8)19-11/h3-4,6H,1-2,5H2,(H2,13,17,18)(H,14,15,16). The Kier molecular flexibility index (Phi) is 4.59. The van der Waals surface area contributed by atoms with Crippen LogP contribution < -0.4 is 10.5 Å². The molecule has 0 aliphatic carbocycles. The Morgan fingerprint density at radius 3 is 2.85 bits per heavy atom. The summed E-state index contributed by atoms with van der Waals surface area (Å²) in [6.07, 6.45) is 0.912. The second-order valence-electron chi connectivity index (χ2n) is 4.03. The summed E-state index contributed by atoms with van der Waals surface area (Å²) in [6.45, 7) is 0. The molecule has 0 aliphatic heterocycles. The summed E-state index contributed by atoms with van der Waals surface area (Å²) >= 11 is 6.70. The van der Waals surface area contributed by atoms with E-state index < -0.39 is 10.0 Å². The number of amides is 1. The molecule has 1 aromatic carbocycles. The van der Waals surface area contributed by atoms with E-state index in [1.54, 1.807) is 6.07 Å². The molecular weight excluding hydrogens is 322 g/mol. The fraction of sp³-hybridized carbons (Fsp3) is 0.273. The number of thiazole rings is 1. The number of hydrogen-bond acceptors (Lipinski definition) is 5. The molecule has 3 N–H and O–H groups in total. The van der Waals surface area contributed by atoms with Gasteiger partial charge < -0.3 is 5.32 Å². The molecule has 0 aliphatic rings. The lowest BCUT2D eigenvalue weighted by molar-refractivity contribution is -0.116. The summed E-state index contributed by atoms with van der Waals surface area (Å²) in [4.78, 5) is 15.8. The minimum atomic E-state index is -3.74. The number of aromatic nitrogens is 1. The van der Waals surface area contributed by atoms with Gasteiger partial charge >= 0.3 is 0 Å². The topological polar surface area (TPSA) is 102 Å². The van der Waals surface area contributed by atoms with Gasteiger partial charge in [-0.1, -0.05) is 11.3 Å². The van der Waals surface area contributed by atoms with Crippen LogP contribution in [0.2, 0.25) is 0 Å². The molecule has 2 aromatic rings. The molecule has 0 atom stereocenters. The number of nitrogens with zero attached hydrogens (tertiary/aromatic N) is 1. The average Bonchev–Trinajstić information content (AvgIpc) is 2.76. The molecule has 6 nitrogen and oxygen atoms in total. The predicted molar refractivity (Wildman–Crippen MR) is 79.6 cm³/mol. The smallest absolute Gasteiger partial charge is 0.238 e. The van der Waals surface area contributed by atoms with Gasteiger partial charge in [0.1, 0.15) is 0 Å². The summed E-state index contributed by atoms with van der Waals surface area (Å²) in [6, 6.07) is 4.38. The third-order valence-electron chi connectivity index (χ3n) is 2.47. The number of rotatable bonds is 5. The van der Waals surface area contributed by atoms with Crippen LogP contribution in [-0.4, -0.2) is 25.2 Å². The molecule has 0 spiro atoms. The Hall–Kier alpha value is -1.22. The second kappa shape index (κ2) is 6.04. The number of fused-ring (bicyclic) bond motifs is 1. The van der Waals surface area contributed by atoms with Crippen molar-refractivity contribution < 1.29 is 13.2 Å². The Bertz CT molecular complexity index is 742. The number of nitrogens with two attached hydrogens (primary N) is 1. The number of alkyl halides is 1. The lowest BCUT2D eigenvalue weighted by Gasteiger charge is -1.98. The fourth-order valence-electron chi connectivity index (χ4n) is 1.54. The van der Waals surface area contributed by atoms with E-state index in [9.17, 15) is 13.2 Å². The number of benzene rings is 1. The maximum atomic E-state index is 11.6. The van der Waals surface area contributed by atoms with Gasteiger partial charge in [0.15, 0.2) is 5.13 Å². The maximum Gasteiger partial charge on any atom is 0.238 e. The van der Waals surface area contributed by atoms with Crippen LogP contribution in [0.1, 0.15) is 12.8 Å². The summed E-state index contributed by atoms with van der Waals surface area (Å²) in [5.74, 6) is 0.252. The Morgan fingerprint density at radius 1 is 1.45 bits per heavy atom. The van der Waals surface area contributed by atoms with Crippen molar-refractivity contribution in [3.05, 3.63) is 18.2 Å². The van der Waals surface area contributed by atoms with E-state index in [4.69, 9.17) is 16.7 Å². The molecule has 0 radical (unpaired) electrons. The van der Waals surface area contributed by atoms with Crippen LogP contribution in [0.3, 0.4) is 0 Å². The number of nitrogens with one attached hydrogen (secondary N) is 1. The molecule has 20 heavy (non-hydrogen) atoms. The molecule has 0 fully saturated rings. The summed E-state index contributed by atoms with van der Waals surface area (Å²) in [7, 11) is -3.74. The number of carbonyl (C=O) groups excluding carboxylic acids is 1. The van der Waals surface area contributed by atoms with Gasteiger partial charge in [-0.15, -0.1) is 11.6 Å². The zero-order chi connectivity index (χ0) is 14.8. The monoisotopic (exact) mass is 333 g/mol. The first-order valence-corrected chi connectivity index (χ1v) is 8.59. The van der Waals surface area contributed by atoms with Crippen molar-refractivity contribution in [2.75, 3.05) is 11.2 Å². The van der Waals surface area contributed by atoms with E-state index in [0.29, 0.717) is 34.1 Å². The molecule has 108 valence electrons. The van der Waals surface area contributed by atoms with E-state index in [0.717, 1.165) is 0 Å². The number of hydrogen-bond donors (Lipinski definition) is 2. The first kappa shape index (κ1) is 15.2. The molecule has 1 aromatic heterocycles. The summed E-state index contributed by atoms with van der Waals surface area (Å²) in [5.41, 5.74) is 0.607. The van der Waals surface area contributed by atoms with Crippen LogP contribution in [0.4, 0.5) is 5.13 Å². The highest BCUT2D eigenvalue weighted by molar-refractivity contribution is 7.89. The third kappa shape index (κ3) is 3.66. The highest BCUT2D eigenvalue weighted by Crippen LogP contribution is 2.27. The Morgan fingerprint density at radius 2 is 2.20 bits per heavy atom. The molecule has 1 heterocycles. The normalized spacial score (nSPS) is 11.7. The van der Waals surface area contributed by atoms with Gasteiger partial charge in [-0.3, -0.25) is 4.79 Å². The van der Waals surface area contributed by atoms with Crippen LogP contribution in [0.15, 0.2) is 23.1 Å². The molecule has 0 saturated carbocycles. The summed E-state index contributed by atoms with van der Waals surface area (Å²) in [5, 5.41) is 8.14. The quantitative estimate of drug-likeness (QED) is 0.816. The van der Waals surface area contributed by atoms with Crippen LogP contribution in [0.25, 0.3) is 10.2 Å². The molecular formula is C11H12ClN3O3S2. The van der Waals surface area contributed by atoms with Gasteiger partial charge in [-0.2, -0.15) is 0 Å². The van der Waals surface area contributed by atoms with E-state index in [1.807, 2.05) is 0 Å². The van der Waals surface area contributed by atoms with Gasteiger partial charge in [-0.05, 0) is 24.6 Å². The van der Waals surface area contributed by atoms with E-state index in [1.165, 1.54) is 23.5 Å². The average molecular weight is 334 g/mol. The van der Waals surface area contributed by atoms with Crippen molar-refractivity contribution in [2.45, 2.75) is 17.7 Å². The number of sulfonamides is 1. The van der Waals surface area contributed by atoms with Gasteiger partial charge in [0.25, 0.3) is 0 Å². The van der Waals surface area contributed by atoms with Gasteiger partial charge in [0.05, 0.1) is 15.1 Å². The van der Waals surface area contributed by atoms with E-state index in [-0.39, 0.29) is 10.8 Å². The highest BCUT2D eigenvalue weighted by atomic mass is 35.5. The number of halogens is 1. The zero-order valence-corrected chi connectivity index (χ0v) is 12.7. The number of anilines is 1. The zero-order valence-electron chi connectivity index (χ0n) is 10.3. The Balaban J connectivity index is 2.23. The fourth-order valence-corrected chi connectivity index (χ4v) is 3.21. The minimum absolute atomic E-state index is 0.0219. The van der Waals surface area contributed by atoms with Crippen LogP contribution >= 0.6 is 22.9 Å². The van der Waals surface area contributed by atoms with Crippen molar-refractivity contribution in [3.8, 4) is 0 Å².